The molecule has 0 bridgehead atoms. The summed E-state index contributed by atoms with van der Waals surface area (Å²) in [7, 11) is 0.274. The molecule has 2 heterocycles. The third-order valence-corrected chi connectivity index (χ3v) is 13.9. The average Bonchev–Trinajstić information content (AvgIpc) is 3.32. The molecule has 1 aliphatic heterocycles. The van der Waals surface area contributed by atoms with Crippen LogP contribution in [-0.2, 0) is 29.7 Å². The lowest BCUT2D eigenvalue weighted by molar-refractivity contribution is -0.130. The quantitative estimate of drug-likeness (QED) is 0.0258. The largest absolute Gasteiger partial charge is 0.506 e. The fourth-order valence-electron chi connectivity index (χ4n) is 8.78. The van der Waals surface area contributed by atoms with E-state index in [2.05, 4.69) is 52.8 Å². The number of carbonyl (C=O) groups excluding carboxylic acids is 3. The van der Waals surface area contributed by atoms with Gasteiger partial charge in [0.1, 0.15) is 18.1 Å². The summed E-state index contributed by atoms with van der Waals surface area (Å²) in [5.41, 5.74) is 5.09. The predicted octanol–water partition coefficient (Wildman–Crippen LogP) is 7.09. The van der Waals surface area contributed by atoms with Crippen molar-refractivity contribution in [2.75, 3.05) is 50.4 Å². The third-order valence-electron chi connectivity index (χ3n) is 12.6. The second kappa shape index (κ2) is 24.9. The number of nitrogens with one attached hydrogen (secondary N) is 4. The van der Waals surface area contributed by atoms with Crippen molar-refractivity contribution in [3.8, 4) is 16.9 Å². The van der Waals surface area contributed by atoms with E-state index in [1.54, 1.807) is 17.0 Å². The van der Waals surface area contributed by atoms with E-state index in [4.69, 9.17) is 13.6 Å². The number of pyridine rings is 1. The number of amides is 3. The summed E-state index contributed by atoms with van der Waals surface area (Å²) < 4.78 is 18.3. The van der Waals surface area contributed by atoms with Gasteiger partial charge < -0.3 is 44.1 Å². The number of hydrogen-bond donors (Lipinski definition) is 5. The van der Waals surface area contributed by atoms with Gasteiger partial charge in [0, 0.05) is 93.2 Å². The number of unbranched alkanes of at least 4 members (excludes halogenated alkanes) is 1. The first-order chi connectivity index (χ1) is 32.4. The number of para-hydroxylation sites is 1. The first-order valence-electron chi connectivity index (χ1n) is 23.6. The third kappa shape index (κ3) is 14.4. The molecule has 67 heavy (non-hydrogen) atoms. The molecule has 0 unspecified atom stereocenters. The van der Waals surface area contributed by atoms with Crippen LogP contribution in [0.2, 0.25) is 13.1 Å². The van der Waals surface area contributed by atoms with Crippen LogP contribution < -0.4 is 21.5 Å². The second-order valence-electron chi connectivity index (χ2n) is 17.8. The van der Waals surface area contributed by atoms with Crippen LogP contribution in [0.1, 0.15) is 69.4 Å². The number of benzene rings is 4. The van der Waals surface area contributed by atoms with Crippen molar-refractivity contribution >= 4 is 59.7 Å². The molecule has 0 aliphatic carbocycles. The molecule has 4 aromatic carbocycles. The predicted molar refractivity (Wildman–Crippen MR) is 272 cm³/mol. The molecule has 0 saturated carbocycles. The Hall–Kier alpha value is -5.63. The summed E-state index contributed by atoms with van der Waals surface area (Å²) in [4.78, 5) is 57.6. The van der Waals surface area contributed by atoms with E-state index >= 15 is 0 Å². The van der Waals surface area contributed by atoms with Crippen LogP contribution in [0, 0.1) is 5.41 Å². The molecule has 3 amide bonds. The molecule has 1 atom stereocenters. The zero-order valence-corrected chi connectivity index (χ0v) is 42.5. The Bertz CT molecular complexity index is 2440. The normalized spacial score (nSPS) is 14.7. The van der Waals surface area contributed by atoms with Gasteiger partial charge in [0.2, 0.25) is 17.4 Å². The van der Waals surface area contributed by atoms with Crippen molar-refractivity contribution in [1.29, 1.82) is 0 Å². The number of anilines is 2. The lowest BCUT2D eigenvalue weighted by Crippen LogP contribution is -2.43. The number of carbonyl (C=O) groups is 3. The molecule has 6 rings (SSSR count). The minimum atomic E-state index is -0.770. The summed E-state index contributed by atoms with van der Waals surface area (Å²) >= 11 is 0. The number of aromatic nitrogens is 1. The van der Waals surface area contributed by atoms with E-state index in [9.17, 15) is 24.3 Å². The minimum Gasteiger partial charge on any atom is -0.506 e. The fourth-order valence-corrected chi connectivity index (χ4v) is 10.6. The second-order valence-corrected chi connectivity index (χ2v) is 19.6. The van der Waals surface area contributed by atoms with E-state index in [0.29, 0.717) is 69.5 Å². The zero-order chi connectivity index (χ0) is 47.8. The summed E-state index contributed by atoms with van der Waals surface area (Å²) in [5, 5.41) is 21.0. The number of aromatic hydroxyl groups is 1. The van der Waals surface area contributed by atoms with Crippen LogP contribution in [0.4, 0.5) is 16.2 Å². The molecule has 5 N–H and O–H groups in total. The number of fused-ring (bicyclic) bond motifs is 1. The van der Waals surface area contributed by atoms with Gasteiger partial charge in [-0.25, -0.2) is 4.79 Å². The highest BCUT2D eigenvalue weighted by Crippen LogP contribution is 2.43. The van der Waals surface area contributed by atoms with Crippen molar-refractivity contribution in [2.24, 2.45) is 5.41 Å². The molecule has 0 radical (unpaired) electrons. The molecule has 1 aliphatic rings. The Morgan fingerprint density at radius 1 is 0.866 bits per heavy atom. The number of phenols is 1. The van der Waals surface area contributed by atoms with Gasteiger partial charge in [0.05, 0.1) is 11.2 Å². The number of aromatic amines is 1. The van der Waals surface area contributed by atoms with Gasteiger partial charge in [-0.15, -0.1) is 0 Å². The first-order valence-corrected chi connectivity index (χ1v) is 27.6. The topological polar surface area (TPSA) is 175 Å². The summed E-state index contributed by atoms with van der Waals surface area (Å²) in [6.07, 6.45) is 2.54. The highest BCUT2D eigenvalue weighted by atomic mass is 28.2. The molecule has 16 heteroatoms. The van der Waals surface area contributed by atoms with Gasteiger partial charge in [-0.1, -0.05) is 93.7 Å². The molecule has 1 saturated heterocycles. The van der Waals surface area contributed by atoms with E-state index in [1.807, 2.05) is 92.0 Å². The van der Waals surface area contributed by atoms with Crippen LogP contribution in [0.3, 0.4) is 0 Å². The lowest BCUT2D eigenvalue weighted by atomic mass is 9.73. The zero-order valence-electron chi connectivity index (χ0n) is 39.6. The number of ether oxygens (including phenoxy) is 1. The monoisotopic (exact) mass is 948 g/mol. The highest BCUT2D eigenvalue weighted by Gasteiger charge is 2.40. The number of rotatable bonds is 23. The Balaban J connectivity index is 0.881. The summed E-state index contributed by atoms with van der Waals surface area (Å²) in [6.45, 7) is 12.4. The molecular weight excluding hydrogens is 881 g/mol. The van der Waals surface area contributed by atoms with Crippen molar-refractivity contribution in [1.82, 2.24) is 20.1 Å². The Labute approximate surface area is 399 Å². The van der Waals surface area contributed by atoms with Crippen LogP contribution in [0.25, 0.3) is 22.0 Å². The molecule has 0 spiro atoms. The van der Waals surface area contributed by atoms with Crippen molar-refractivity contribution in [3.05, 3.63) is 125 Å². The number of nitrogens with zero attached hydrogens (tertiary/aromatic N) is 2. The van der Waals surface area contributed by atoms with Crippen LogP contribution >= 0.6 is 0 Å². The maximum Gasteiger partial charge on any atom is 0.411 e. The fraction of sp³-hybridized carbons (Fsp3) is 0.412. The van der Waals surface area contributed by atoms with E-state index in [0.717, 1.165) is 52.8 Å². The lowest BCUT2D eigenvalue weighted by Gasteiger charge is -2.41. The van der Waals surface area contributed by atoms with Crippen molar-refractivity contribution in [3.63, 3.8) is 0 Å². The van der Waals surface area contributed by atoms with Gasteiger partial charge in [-0.3, -0.25) is 19.7 Å². The molecule has 1 aromatic heterocycles. The number of H-pyrrole nitrogens is 1. The van der Waals surface area contributed by atoms with E-state index in [-0.39, 0.29) is 41.4 Å². The Morgan fingerprint density at radius 2 is 1.57 bits per heavy atom. The van der Waals surface area contributed by atoms with Crippen molar-refractivity contribution in [2.45, 2.75) is 90.3 Å². The van der Waals surface area contributed by atoms with Gasteiger partial charge in [0.25, 0.3) is 0 Å². The number of hydrogen-bond acceptors (Lipinski definition) is 10. The summed E-state index contributed by atoms with van der Waals surface area (Å²) in [6, 6.07) is 32.2. The van der Waals surface area contributed by atoms with E-state index in [1.165, 1.54) is 6.07 Å². The first kappa shape index (κ1) is 50.8. The highest BCUT2D eigenvalue weighted by molar-refractivity contribution is 6.26. The van der Waals surface area contributed by atoms with Gasteiger partial charge >= 0.3 is 6.09 Å². The SMILES string of the molecule is C[SiH2]OC(O[SiH2]C)C(C)(C)[C@H](CNCc1ccc(NC(=O)CCCCN(C)C(=O)CCN2CCC(OC(=O)Nc3ccccc3-c3ccccc3)CC2)cc1)c1ccc(O)c2[nH]c(=O)ccc12. The molecule has 5 aromatic rings. The van der Waals surface area contributed by atoms with Gasteiger partial charge in [-0.05, 0) is 72.7 Å². The maximum atomic E-state index is 13.0. The maximum absolute atomic E-state index is 13.0. The molecular formula is C51H68N6O8Si2. The Morgan fingerprint density at radius 3 is 2.28 bits per heavy atom. The standard InChI is InChI=1S/C51H68N6O8Si2/c1-51(2,49(64-66-4)65-67-5)42(40-22-24-44(58)48-41(40)23-25-46(60)55-48)34-52-33-35-18-20-37(21-19-35)53-45(59)17-11-12-29-56(3)47(61)28-32-57-30-26-38(27-31-57)63-50(62)54-43-16-10-9-15-39(43)36-13-7-6-8-14-36/h6-10,13-16,18-25,38,42,49,52,58H,11-12,17,26-34,66-67H2,1-5H3,(H,53,59)(H,54,62)(H,55,60)/t42-/m1/s1. The van der Waals surface area contributed by atoms with Crippen LogP contribution in [-0.4, -0.2) is 109 Å². The number of phenolic OH excluding ortho intramolecular Hbond substituents is 1. The van der Waals surface area contributed by atoms with Crippen LogP contribution in [0.15, 0.2) is 108 Å². The minimum absolute atomic E-state index is 0.0220. The van der Waals surface area contributed by atoms with E-state index < -0.39 is 31.0 Å². The molecule has 14 nitrogen and oxygen atoms in total. The number of likely N-dealkylation sites (tertiary alicyclic amines) is 1. The average molecular weight is 949 g/mol. The van der Waals surface area contributed by atoms with Gasteiger partial charge in [0.15, 0.2) is 19.5 Å². The Kier molecular flexibility index (Phi) is 18.9. The molecule has 1 fully saturated rings. The van der Waals surface area contributed by atoms with Crippen LogP contribution in [0.5, 0.6) is 5.75 Å². The smallest absolute Gasteiger partial charge is 0.411 e. The summed E-state index contributed by atoms with van der Waals surface area (Å²) in [5.74, 6) is -0.0760. The van der Waals surface area contributed by atoms with Crippen molar-refractivity contribution < 1.29 is 33.1 Å². The molecule has 358 valence electrons. The number of piperidine rings is 1. The van der Waals surface area contributed by atoms with Gasteiger partial charge in [-0.2, -0.15) is 0 Å².